The number of hydrogen-bond donors (Lipinski definition) is 0. The molecule has 1 fully saturated rings. The molecule has 0 spiro atoms. The Bertz CT molecular complexity index is 1060. The molecule has 7 nitrogen and oxygen atoms in total. The number of carbonyl (C=O) groups excluding carboxylic acids is 1. The van der Waals surface area contributed by atoms with Gasteiger partial charge >= 0.3 is 5.56 Å². The third-order valence-electron chi connectivity index (χ3n) is 4.56. The summed E-state index contributed by atoms with van der Waals surface area (Å²) >= 11 is 3.48. The van der Waals surface area contributed by atoms with Gasteiger partial charge < -0.3 is 14.4 Å². The number of benzene rings is 1. The van der Waals surface area contributed by atoms with Gasteiger partial charge in [0.2, 0.25) is 5.75 Å². The number of hydrogen-bond acceptors (Lipinski definition) is 6. The second kappa shape index (κ2) is 8.12. The van der Waals surface area contributed by atoms with Crippen molar-refractivity contribution in [3.05, 3.63) is 68.7 Å². The van der Waals surface area contributed by atoms with Gasteiger partial charge in [-0.25, -0.2) is 4.98 Å². The van der Waals surface area contributed by atoms with Gasteiger partial charge in [-0.1, -0.05) is 30.3 Å². The van der Waals surface area contributed by atoms with Crippen molar-refractivity contribution in [3.63, 3.8) is 0 Å². The highest BCUT2D eigenvalue weighted by atomic mass is 79.9. The highest BCUT2D eigenvalue weighted by Gasteiger charge is 2.19. The van der Waals surface area contributed by atoms with Gasteiger partial charge in [0.25, 0.3) is 0 Å². The van der Waals surface area contributed by atoms with E-state index >= 15 is 0 Å². The maximum Gasteiger partial charge on any atom is 0.301 e. The molecule has 1 aliphatic rings. The molecule has 144 valence electrons. The number of halogens is 1. The highest BCUT2D eigenvalue weighted by Crippen LogP contribution is 2.25. The van der Waals surface area contributed by atoms with Gasteiger partial charge in [-0.05, 0) is 27.6 Å². The van der Waals surface area contributed by atoms with E-state index in [-0.39, 0.29) is 18.1 Å². The molecular weight excluding hydrogens is 426 g/mol. The minimum atomic E-state index is -0.418. The topological polar surface area (TPSA) is 73.1 Å². The first kappa shape index (κ1) is 18.6. The predicted octanol–water partition coefficient (Wildman–Crippen LogP) is 2.69. The van der Waals surface area contributed by atoms with E-state index in [9.17, 15) is 9.59 Å². The van der Waals surface area contributed by atoms with Crippen LogP contribution in [0.15, 0.2) is 51.9 Å². The fourth-order valence-electron chi connectivity index (χ4n) is 3.13. The third kappa shape index (κ3) is 3.65. The summed E-state index contributed by atoms with van der Waals surface area (Å²) in [5.74, 6) is -0.0534. The van der Waals surface area contributed by atoms with E-state index in [2.05, 4.69) is 25.8 Å². The van der Waals surface area contributed by atoms with Gasteiger partial charge in [-0.3, -0.25) is 14.0 Å². The number of aldehydes is 1. The quantitative estimate of drug-likeness (QED) is 0.564. The van der Waals surface area contributed by atoms with Crippen LogP contribution in [0.25, 0.3) is 5.65 Å². The molecule has 0 saturated carbocycles. The molecular formula is C20H18BrN3O4. The molecule has 0 radical (unpaired) electrons. The third-order valence-corrected chi connectivity index (χ3v) is 5.15. The van der Waals surface area contributed by atoms with Crippen LogP contribution in [-0.4, -0.2) is 42.0 Å². The first-order valence-corrected chi connectivity index (χ1v) is 9.67. The van der Waals surface area contributed by atoms with Gasteiger partial charge in [0.15, 0.2) is 17.6 Å². The van der Waals surface area contributed by atoms with Crippen LogP contribution in [0.4, 0.5) is 5.69 Å². The van der Waals surface area contributed by atoms with Crippen molar-refractivity contribution in [2.75, 3.05) is 31.2 Å². The summed E-state index contributed by atoms with van der Waals surface area (Å²) in [5.41, 5.74) is 1.71. The summed E-state index contributed by atoms with van der Waals surface area (Å²) in [6.07, 6.45) is 2.27. The van der Waals surface area contributed by atoms with E-state index in [4.69, 9.17) is 9.47 Å². The van der Waals surface area contributed by atoms with Crippen LogP contribution in [0.2, 0.25) is 0 Å². The van der Waals surface area contributed by atoms with Gasteiger partial charge in [-0.15, -0.1) is 0 Å². The molecule has 4 rings (SSSR count). The monoisotopic (exact) mass is 443 g/mol. The summed E-state index contributed by atoms with van der Waals surface area (Å²) < 4.78 is 13.1. The van der Waals surface area contributed by atoms with Crippen LogP contribution >= 0.6 is 15.9 Å². The van der Waals surface area contributed by atoms with E-state index in [1.54, 1.807) is 6.20 Å². The van der Waals surface area contributed by atoms with Gasteiger partial charge in [0, 0.05) is 19.3 Å². The molecule has 0 N–H and O–H groups in total. The zero-order valence-electron chi connectivity index (χ0n) is 15.0. The number of aromatic nitrogens is 2. The minimum absolute atomic E-state index is 0.0132. The van der Waals surface area contributed by atoms with Crippen LogP contribution < -0.4 is 15.2 Å². The molecule has 0 aliphatic carbocycles. The lowest BCUT2D eigenvalue weighted by molar-refractivity contribution is 0.111. The Kier molecular flexibility index (Phi) is 5.40. The van der Waals surface area contributed by atoms with E-state index in [0.29, 0.717) is 29.6 Å². The summed E-state index contributed by atoms with van der Waals surface area (Å²) in [6.45, 7) is 2.93. The summed E-state index contributed by atoms with van der Waals surface area (Å²) in [4.78, 5) is 31.1. The Morgan fingerprint density at radius 1 is 1.21 bits per heavy atom. The van der Waals surface area contributed by atoms with Crippen LogP contribution in [-0.2, 0) is 11.3 Å². The molecule has 0 amide bonds. The molecule has 28 heavy (non-hydrogen) atoms. The number of rotatable bonds is 5. The summed E-state index contributed by atoms with van der Waals surface area (Å²) in [6, 6.07) is 11.3. The number of ether oxygens (including phenoxy) is 2. The first-order chi connectivity index (χ1) is 13.7. The number of carbonyl (C=O) groups is 1. The maximum atomic E-state index is 13.1. The van der Waals surface area contributed by atoms with Crippen molar-refractivity contribution in [1.29, 1.82) is 0 Å². The second-order valence-electron chi connectivity index (χ2n) is 6.36. The number of anilines is 1. The number of morpholine rings is 1. The van der Waals surface area contributed by atoms with Crippen molar-refractivity contribution < 1.29 is 14.3 Å². The van der Waals surface area contributed by atoms with E-state index in [1.165, 1.54) is 4.40 Å². The molecule has 2 aromatic heterocycles. The lowest BCUT2D eigenvalue weighted by atomic mass is 10.2. The average molecular weight is 444 g/mol. The zero-order valence-corrected chi connectivity index (χ0v) is 16.6. The Balaban J connectivity index is 1.77. The first-order valence-electron chi connectivity index (χ1n) is 8.88. The fraction of sp³-hybridized carbons (Fsp3) is 0.250. The van der Waals surface area contributed by atoms with Crippen LogP contribution in [0.3, 0.4) is 0 Å². The molecule has 1 aromatic carbocycles. The normalized spacial score (nSPS) is 14.2. The second-order valence-corrected chi connectivity index (χ2v) is 7.22. The van der Waals surface area contributed by atoms with Crippen molar-refractivity contribution in [2.45, 2.75) is 6.61 Å². The Hall–Kier alpha value is -2.71. The van der Waals surface area contributed by atoms with E-state index in [0.717, 1.165) is 24.3 Å². The van der Waals surface area contributed by atoms with E-state index < -0.39 is 5.56 Å². The molecule has 0 atom stereocenters. The Morgan fingerprint density at radius 3 is 2.68 bits per heavy atom. The SMILES string of the molecule is O=Cc1nc2c(Br)cc(N3CCOCC3)cn2c(=O)c1OCc1ccccc1. The molecule has 3 aromatic rings. The molecule has 3 heterocycles. The largest absolute Gasteiger partial charge is 0.481 e. The van der Waals surface area contributed by atoms with Crippen LogP contribution in [0.1, 0.15) is 16.1 Å². The molecule has 1 aliphatic heterocycles. The van der Waals surface area contributed by atoms with Crippen molar-refractivity contribution in [1.82, 2.24) is 9.38 Å². The number of pyridine rings is 1. The van der Waals surface area contributed by atoms with Gasteiger partial charge in [0.1, 0.15) is 6.61 Å². The van der Waals surface area contributed by atoms with E-state index in [1.807, 2.05) is 36.4 Å². The predicted molar refractivity (Wildman–Crippen MR) is 108 cm³/mol. The minimum Gasteiger partial charge on any atom is -0.481 e. The van der Waals surface area contributed by atoms with Crippen molar-refractivity contribution in [2.24, 2.45) is 0 Å². The zero-order chi connectivity index (χ0) is 19.5. The molecule has 8 heteroatoms. The van der Waals surface area contributed by atoms with Crippen LogP contribution in [0, 0.1) is 0 Å². The van der Waals surface area contributed by atoms with Gasteiger partial charge in [0.05, 0.1) is 23.4 Å². The molecule has 0 bridgehead atoms. The smallest absolute Gasteiger partial charge is 0.301 e. The lowest BCUT2D eigenvalue weighted by Crippen LogP contribution is -2.36. The Labute approximate surface area is 169 Å². The lowest BCUT2D eigenvalue weighted by Gasteiger charge is -2.29. The molecule has 1 saturated heterocycles. The maximum absolute atomic E-state index is 13.1. The van der Waals surface area contributed by atoms with Crippen LogP contribution in [0.5, 0.6) is 5.75 Å². The number of fused-ring (bicyclic) bond motifs is 1. The van der Waals surface area contributed by atoms with Crippen molar-refractivity contribution in [3.8, 4) is 5.75 Å². The summed E-state index contributed by atoms with van der Waals surface area (Å²) in [7, 11) is 0. The average Bonchev–Trinajstić information content (AvgIpc) is 2.74. The highest BCUT2D eigenvalue weighted by molar-refractivity contribution is 9.10. The molecule has 0 unspecified atom stereocenters. The van der Waals surface area contributed by atoms with Gasteiger partial charge in [-0.2, -0.15) is 0 Å². The van der Waals surface area contributed by atoms with Crippen molar-refractivity contribution >= 4 is 33.6 Å². The summed E-state index contributed by atoms with van der Waals surface area (Å²) in [5, 5.41) is 0. The standard InChI is InChI=1S/C20H18BrN3O4/c21-16-10-15(23-6-8-27-9-7-23)11-24-19(16)22-17(12-25)18(20(24)26)28-13-14-4-2-1-3-5-14/h1-5,10-12H,6-9,13H2. The Morgan fingerprint density at radius 2 is 1.96 bits per heavy atom. The fourth-order valence-corrected chi connectivity index (χ4v) is 3.64. The number of nitrogens with zero attached hydrogens (tertiary/aromatic N) is 3.